The van der Waals surface area contributed by atoms with Crippen LogP contribution < -0.4 is 0 Å². The topological polar surface area (TPSA) is 82.1 Å². The molecule has 0 atom stereocenters. The van der Waals surface area contributed by atoms with Crippen molar-refractivity contribution in [2.45, 2.75) is 13.1 Å². The number of allylic oxidation sites excluding steroid dienone is 2. The lowest BCUT2D eigenvalue weighted by Gasteiger charge is -2.11. The molecule has 232 valence electrons. The molecule has 2 aromatic heterocycles. The number of hydrogen-bond acceptors (Lipinski definition) is 4. The molecule has 2 aliphatic carbocycles. The van der Waals surface area contributed by atoms with Crippen molar-refractivity contribution in [1.29, 1.82) is 10.5 Å². The highest BCUT2D eigenvalue weighted by atomic mass is 19.4. The van der Waals surface area contributed by atoms with E-state index >= 15 is 0 Å². The molecule has 5 aromatic rings. The first-order chi connectivity index (χ1) is 23.5. The Balaban J connectivity index is 1.45. The molecule has 0 aliphatic heterocycles. The molecular formula is C38H15F5N6. The van der Waals surface area contributed by atoms with Crippen LogP contribution in [-0.2, 0) is 6.18 Å². The van der Waals surface area contributed by atoms with Gasteiger partial charge in [0.15, 0.2) is 0 Å². The lowest BCUT2D eigenvalue weighted by atomic mass is 9.94. The van der Waals surface area contributed by atoms with Gasteiger partial charge in [-0.1, -0.05) is 18.2 Å². The van der Waals surface area contributed by atoms with Crippen LogP contribution in [-0.4, -0.2) is 9.97 Å². The van der Waals surface area contributed by atoms with Gasteiger partial charge < -0.3 is 0 Å². The Morgan fingerprint density at radius 3 is 1.53 bits per heavy atom. The Bertz CT molecular complexity index is 2540. The van der Waals surface area contributed by atoms with E-state index in [1.54, 1.807) is 43.5 Å². The van der Waals surface area contributed by atoms with Crippen molar-refractivity contribution < 1.29 is 22.0 Å². The van der Waals surface area contributed by atoms with Crippen molar-refractivity contribution in [3.8, 4) is 56.9 Å². The minimum atomic E-state index is -4.88. The number of hydrogen-bond donors (Lipinski definition) is 0. The van der Waals surface area contributed by atoms with E-state index in [-0.39, 0.29) is 33.7 Å². The van der Waals surface area contributed by atoms with Gasteiger partial charge in [-0.05, 0) is 88.3 Å². The third kappa shape index (κ3) is 4.73. The minimum absolute atomic E-state index is 0.100. The molecule has 6 nitrogen and oxygen atoms in total. The second kappa shape index (κ2) is 11.1. The van der Waals surface area contributed by atoms with Gasteiger partial charge in [0.1, 0.15) is 11.6 Å². The van der Waals surface area contributed by atoms with Gasteiger partial charge >= 0.3 is 6.18 Å². The number of benzene rings is 3. The number of nitriles is 2. The number of pyridine rings is 2. The first-order valence-electron chi connectivity index (χ1n) is 14.4. The fourth-order valence-electron chi connectivity index (χ4n) is 6.23. The van der Waals surface area contributed by atoms with Crippen molar-refractivity contribution >= 4 is 11.1 Å². The predicted octanol–water partition coefficient (Wildman–Crippen LogP) is 9.78. The van der Waals surface area contributed by atoms with Crippen molar-refractivity contribution in [3.05, 3.63) is 152 Å². The summed E-state index contributed by atoms with van der Waals surface area (Å²) in [4.78, 5) is 16.1. The fraction of sp³-hybridized carbons (Fsp3) is 0.0526. The number of nitrogens with zero attached hydrogens (tertiary/aromatic N) is 6. The van der Waals surface area contributed by atoms with Crippen LogP contribution in [0.2, 0.25) is 0 Å². The van der Waals surface area contributed by atoms with E-state index in [9.17, 15) is 32.5 Å². The van der Waals surface area contributed by atoms with E-state index in [1.807, 2.05) is 12.1 Å². The van der Waals surface area contributed by atoms with Crippen LogP contribution in [0.1, 0.15) is 33.4 Å². The van der Waals surface area contributed by atoms with Gasteiger partial charge in [0.25, 0.3) is 11.4 Å². The van der Waals surface area contributed by atoms with Crippen LogP contribution in [0, 0.1) is 54.4 Å². The van der Waals surface area contributed by atoms with Crippen molar-refractivity contribution in [2.24, 2.45) is 0 Å². The zero-order valence-electron chi connectivity index (χ0n) is 25.0. The molecular weight excluding hydrogens is 635 g/mol. The van der Waals surface area contributed by atoms with Crippen LogP contribution in [0.4, 0.5) is 22.0 Å². The summed E-state index contributed by atoms with van der Waals surface area (Å²) in [7, 11) is 0. The molecule has 0 bridgehead atoms. The molecule has 0 saturated carbocycles. The van der Waals surface area contributed by atoms with Crippen LogP contribution in [0.3, 0.4) is 0 Å². The average molecular weight is 651 g/mol. The van der Waals surface area contributed by atoms with Gasteiger partial charge in [-0.2, -0.15) is 13.2 Å². The van der Waals surface area contributed by atoms with Crippen LogP contribution in [0.5, 0.6) is 0 Å². The second-order valence-electron chi connectivity index (χ2n) is 11.2. The Labute approximate surface area is 275 Å². The summed E-state index contributed by atoms with van der Waals surface area (Å²) in [5.41, 5.74) is 3.92. The van der Waals surface area contributed by atoms with Gasteiger partial charge in [0.05, 0.1) is 42.2 Å². The third-order valence-electron chi connectivity index (χ3n) is 8.54. The number of halogens is 5. The minimum Gasteiger partial charge on any atom is -0.255 e. The summed E-state index contributed by atoms with van der Waals surface area (Å²) < 4.78 is 68.6. The molecule has 49 heavy (non-hydrogen) atoms. The van der Waals surface area contributed by atoms with Crippen LogP contribution in [0.15, 0.2) is 84.5 Å². The van der Waals surface area contributed by atoms with E-state index in [0.29, 0.717) is 67.5 Å². The summed E-state index contributed by atoms with van der Waals surface area (Å²) in [6.45, 7) is 17.1. The maximum absolute atomic E-state index is 14.5. The molecule has 7 rings (SSSR count). The first kappa shape index (κ1) is 30.7. The smallest absolute Gasteiger partial charge is 0.255 e. The van der Waals surface area contributed by atoms with Gasteiger partial charge in [-0.3, -0.25) is 9.97 Å². The lowest BCUT2D eigenvalue weighted by Crippen LogP contribution is -2.07. The summed E-state index contributed by atoms with van der Waals surface area (Å²) in [6.07, 6.45) is -1.96. The van der Waals surface area contributed by atoms with Crippen molar-refractivity contribution in [2.75, 3.05) is 0 Å². The summed E-state index contributed by atoms with van der Waals surface area (Å²) in [6, 6.07) is 17.8. The number of aromatic nitrogens is 2. The first-order valence-corrected chi connectivity index (χ1v) is 14.4. The predicted molar refractivity (Wildman–Crippen MR) is 170 cm³/mol. The van der Waals surface area contributed by atoms with Crippen LogP contribution in [0.25, 0.3) is 65.6 Å². The third-order valence-corrected chi connectivity index (χ3v) is 8.54. The normalized spacial score (nSPS) is 14.3. The molecule has 11 heteroatoms. The summed E-state index contributed by atoms with van der Waals surface area (Å²) in [5, 5.41) is 19.9. The van der Waals surface area contributed by atoms with Gasteiger partial charge in [0, 0.05) is 45.8 Å². The molecule has 0 saturated heterocycles. The molecule has 0 unspecified atom stereocenters. The zero-order valence-corrected chi connectivity index (χ0v) is 25.0. The number of rotatable bonds is 2. The SMILES string of the molecule is [C-]#[N+]/C(C#N)=C1/c2cc3c(cc2-c2ncc(-c4ccc(C)c(F)c4)cc21)-c1ncc(-c2ccc(C(F)(F)F)c(F)c2)cc1/C3=C(\C#N)[N+]#[C-]. The van der Waals surface area contributed by atoms with Crippen molar-refractivity contribution in [1.82, 2.24) is 9.97 Å². The quantitative estimate of drug-likeness (QED) is 0.106. The Hall–Kier alpha value is -6.95. The van der Waals surface area contributed by atoms with E-state index in [2.05, 4.69) is 19.7 Å². The van der Waals surface area contributed by atoms with E-state index in [4.69, 9.17) is 13.1 Å². The lowest BCUT2D eigenvalue weighted by molar-refractivity contribution is -0.139. The zero-order chi connectivity index (χ0) is 34.8. The van der Waals surface area contributed by atoms with Crippen molar-refractivity contribution in [3.63, 3.8) is 0 Å². The molecule has 2 aliphatic rings. The maximum atomic E-state index is 14.5. The van der Waals surface area contributed by atoms with Gasteiger partial charge in [-0.25, -0.2) is 29.0 Å². The molecule has 0 fully saturated rings. The maximum Gasteiger partial charge on any atom is 0.419 e. The number of fused-ring (bicyclic) bond motifs is 6. The highest BCUT2D eigenvalue weighted by Crippen LogP contribution is 2.53. The highest BCUT2D eigenvalue weighted by molar-refractivity contribution is 6.10. The van der Waals surface area contributed by atoms with Crippen LogP contribution >= 0.6 is 0 Å². The molecule has 0 amide bonds. The molecule has 2 heterocycles. The van der Waals surface area contributed by atoms with E-state index in [0.717, 1.165) is 12.1 Å². The fourth-order valence-corrected chi connectivity index (χ4v) is 6.23. The second-order valence-corrected chi connectivity index (χ2v) is 11.2. The van der Waals surface area contributed by atoms with Gasteiger partial charge in [-0.15, -0.1) is 0 Å². The Morgan fingerprint density at radius 1 is 0.633 bits per heavy atom. The number of alkyl halides is 3. The largest absolute Gasteiger partial charge is 0.419 e. The molecule has 0 spiro atoms. The van der Waals surface area contributed by atoms with Gasteiger partial charge in [0.2, 0.25) is 0 Å². The summed E-state index contributed by atoms with van der Waals surface area (Å²) in [5.74, 6) is -1.87. The Kier molecular flexibility index (Phi) is 6.95. The summed E-state index contributed by atoms with van der Waals surface area (Å²) >= 11 is 0. The number of aryl methyl sites for hydroxylation is 1. The Morgan fingerprint density at radius 2 is 1.10 bits per heavy atom. The average Bonchev–Trinajstić information content (AvgIpc) is 3.57. The van der Waals surface area contributed by atoms with E-state index in [1.165, 1.54) is 18.3 Å². The molecule has 0 N–H and O–H groups in total. The highest BCUT2D eigenvalue weighted by Gasteiger charge is 2.36. The van der Waals surface area contributed by atoms with E-state index < -0.39 is 23.4 Å². The molecule has 0 radical (unpaired) electrons. The standard InChI is InChI=1S/C38H15F5N6/c1-18-4-5-19(10-30(18)39)21-8-27-34(32(14-44)46-2)23-12-24-26(13-25(23)36(27)48-16-21)37-28(35(24)33(15-45)47-3)9-22(17-49-37)20-6-7-29(31(40)11-20)38(41,42)43/h4-13,16-17H,1H3/b34-32-,35-33+. The monoisotopic (exact) mass is 650 g/mol. The molecule has 3 aromatic carbocycles.